The second-order valence-electron chi connectivity index (χ2n) is 6.62. The van der Waals surface area contributed by atoms with E-state index < -0.39 is 11.9 Å². The molecule has 0 aromatic heterocycles. The number of aliphatic carboxylic acids is 2. The van der Waals surface area contributed by atoms with Crippen LogP contribution in [-0.2, 0) is 16.1 Å². The van der Waals surface area contributed by atoms with Gasteiger partial charge in [-0.15, -0.1) is 0 Å². The number of carbonyl (C=O) groups excluding carboxylic acids is 1. The van der Waals surface area contributed by atoms with Gasteiger partial charge in [-0.3, -0.25) is 0 Å². The number of halogens is 1. The van der Waals surface area contributed by atoms with E-state index in [-0.39, 0.29) is 12.1 Å². The molecule has 4 N–H and O–H groups in total. The zero-order valence-corrected chi connectivity index (χ0v) is 17.6. The molecule has 2 aromatic carbocycles. The van der Waals surface area contributed by atoms with Crippen molar-refractivity contribution in [3.63, 3.8) is 0 Å². The summed E-state index contributed by atoms with van der Waals surface area (Å²) in [5, 5.41) is 21.4. The van der Waals surface area contributed by atoms with Crippen molar-refractivity contribution in [1.29, 1.82) is 0 Å². The number of rotatable bonds is 7. The lowest BCUT2D eigenvalue weighted by atomic mass is 10.0. The standard InChI is InChI=1S/C19H24ClN3O.C2H2O4/c1-23(2)13-12-18(16-8-10-17(20)11-9-16)22-19(24)21-14-15-6-4-3-5-7-15;3-1(4)2(5)6/h3-11,18H,12-14H2,1-2H3,(H2,21,22,24);(H,3,4)(H,5,6). The topological polar surface area (TPSA) is 119 Å². The zero-order valence-electron chi connectivity index (χ0n) is 16.8. The van der Waals surface area contributed by atoms with Gasteiger partial charge in [0.25, 0.3) is 0 Å². The van der Waals surface area contributed by atoms with Crippen molar-refractivity contribution in [3.05, 3.63) is 70.7 Å². The average molecular weight is 436 g/mol. The molecule has 2 aromatic rings. The van der Waals surface area contributed by atoms with Crippen molar-refractivity contribution in [2.75, 3.05) is 20.6 Å². The first-order chi connectivity index (χ1) is 14.2. The molecule has 2 rings (SSSR count). The minimum Gasteiger partial charge on any atom is -0.473 e. The van der Waals surface area contributed by atoms with Crippen LogP contribution in [0.2, 0.25) is 5.02 Å². The number of nitrogens with zero attached hydrogens (tertiary/aromatic N) is 1. The Labute approximate surface area is 180 Å². The number of benzene rings is 2. The number of urea groups is 1. The Kier molecular flexibility index (Phi) is 11.0. The van der Waals surface area contributed by atoms with Gasteiger partial charge in [0.15, 0.2) is 0 Å². The number of carbonyl (C=O) groups is 3. The SMILES string of the molecule is CN(C)CCC(NC(=O)NCc1ccccc1)c1ccc(Cl)cc1.O=C(O)C(=O)O. The van der Waals surface area contributed by atoms with Crippen molar-refractivity contribution >= 4 is 29.6 Å². The molecule has 9 heteroatoms. The molecule has 0 fully saturated rings. The monoisotopic (exact) mass is 435 g/mol. The van der Waals surface area contributed by atoms with Gasteiger partial charge < -0.3 is 25.7 Å². The van der Waals surface area contributed by atoms with Crippen LogP contribution in [0.4, 0.5) is 4.79 Å². The van der Waals surface area contributed by atoms with Gasteiger partial charge in [-0.2, -0.15) is 0 Å². The van der Waals surface area contributed by atoms with Crippen molar-refractivity contribution < 1.29 is 24.6 Å². The Morgan fingerprint density at radius 2 is 1.53 bits per heavy atom. The molecule has 1 unspecified atom stereocenters. The van der Waals surface area contributed by atoms with E-state index in [0.29, 0.717) is 11.6 Å². The van der Waals surface area contributed by atoms with Gasteiger partial charge in [0, 0.05) is 11.6 Å². The van der Waals surface area contributed by atoms with E-state index in [9.17, 15) is 4.79 Å². The number of amides is 2. The summed E-state index contributed by atoms with van der Waals surface area (Å²) in [5.74, 6) is -3.65. The predicted octanol–water partition coefficient (Wildman–Crippen LogP) is 2.99. The quantitative estimate of drug-likeness (QED) is 0.496. The van der Waals surface area contributed by atoms with Gasteiger partial charge in [0.2, 0.25) is 0 Å². The van der Waals surface area contributed by atoms with Gasteiger partial charge in [0.05, 0.1) is 6.04 Å². The van der Waals surface area contributed by atoms with E-state index in [1.165, 1.54) is 0 Å². The Balaban J connectivity index is 0.000000656. The lowest BCUT2D eigenvalue weighted by Gasteiger charge is -2.21. The third kappa shape index (κ3) is 10.4. The molecule has 0 saturated carbocycles. The predicted molar refractivity (Wildman–Crippen MR) is 114 cm³/mol. The van der Waals surface area contributed by atoms with Crippen molar-refractivity contribution in [2.45, 2.75) is 19.0 Å². The van der Waals surface area contributed by atoms with Gasteiger partial charge in [-0.05, 0) is 50.3 Å². The molecule has 0 aliphatic carbocycles. The van der Waals surface area contributed by atoms with E-state index in [0.717, 1.165) is 24.1 Å². The van der Waals surface area contributed by atoms with Crippen molar-refractivity contribution in [3.8, 4) is 0 Å². The van der Waals surface area contributed by atoms with Crippen LogP contribution in [0, 0.1) is 0 Å². The van der Waals surface area contributed by atoms with E-state index in [1.807, 2.05) is 68.7 Å². The number of carboxylic acid groups (broad SMARTS) is 2. The molecule has 162 valence electrons. The molecule has 8 nitrogen and oxygen atoms in total. The maximum absolute atomic E-state index is 12.2. The Hall–Kier alpha value is -3.10. The zero-order chi connectivity index (χ0) is 22.5. The lowest BCUT2D eigenvalue weighted by Crippen LogP contribution is -2.38. The van der Waals surface area contributed by atoms with Crippen molar-refractivity contribution in [1.82, 2.24) is 15.5 Å². The van der Waals surface area contributed by atoms with Gasteiger partial charge >= 0.3 is 18.0 Å². The minimum atomic E-state index is -1.82. The van der Waals surface area contributed by atoms with Crippen LogP contribution < -0.4 is 10.6 Å². The average Bonchev–Trinajstić information content (AvgIpc) is 2.71. The van der Waals surface area contributed by atoms with E-state index in [4.69, 9.17) is 31.4 Å². The number of hydrogen-bond donors (Lipinski definition) is 4. The van der Waals surface area contributed by atoms with Crippen LogP contribution >= 0.6 is 11.6 Å². The Bertz CT molecular complexity index is 801. The highest BCUT2D eigenvalue weighted by molar-refractivity contribution is 6.30. The first-order valence-electron chi connectivity index (χ1n) is 9.13. The number of hydrogen-bond acceptors (Lipinski definition) is 4. The molecule has 0 radical (unpaired) electrons. The second kappa shape index (κ2) is 13.2. The van der Waals surface area contributed by atoms with Crippen LogP contribution in [-0.4, -0.2) is 53.7 Å². The molecule has 2 amide bonds. The first-order valence-corrected chi connectivity index (χ1v) is 9.51. The summed E-state index contributed by atoms with van der Waals surface area (Å²) in [6.45, 7) is 1.39. The Morgan fingerprint density at radius 3 is 2.03 bits per heavy atom. The van der Waals surface area contributed by atoms with Crippen LogP contribution in [0.25, 0.3) is 0 Å². The van der Waals surface area contributed by atoms with Crippen LogP contribution in [0.15, 0.2) is 54.6 Å². The summed E-state index contributed by atoms with van der Waals surface area (Å²) in [6, 6.07) is 17.3. The third-order valence-corrected chi connectivity index (χ3v) is 4.17. The van der Waals surface area contributed by atoms with Crippen molar-refractivity contribution in [2.24, 2.45) is 0 Å². The lowest BCUT2D eigenvalue weighted by molar-refractivity contribution is -0.159. The van der Waals surface area contributed by atoms with E-state index in [2.05, 4.69) is 15.5 Å². The third-order valence-electron chi connectivity index (χ3n) is 3.92. The van der Waals surface area contributed by atoms with Gasteiger partial charge in [-0.1, -0.05) is 54.1 Å². The van der Waals surface area contributed by atoms with Crippen LogP contribution in [0.1, 0.15) is 23.6 Å². The first kappa shape index (κ1) is 24.9. The molecule has 0 saturated heterocycles. The molecular weight excluding hydrogens is 410 g/mol. The molecule has 30 heavy (non-hydrogen) atoms. The molecule has 0 spiro atoms. The fraction of sp³-hybridized carbons (Fsp3) is 0.286. The summed E-state index contributed by atoms with van der Waals surface area (Å²) < 4.78 is 0. The molecule has 0 bridgehead atoms. The largest absolute Gasteiger partial charge is 0.473 e. The summed E-state index contributed by atoms with van der Waals surface area (Å²) in [7, 11) is 4.04. The van der Waals surface area contributed by atoms with Crippen LogP contribution in [0.5, 0.6) is 0 Å². The highest BCUT2D eigenvalue weighted by Crippen LogP contribution is 2.19. The smallest absolute Gasteiger partial charge is 0.414 e. The van der Waals surface area contributed by atoms with Crippen LogP contribution in [0.3, 0.4) is 0 Å². The summed E-state index contributed by atoms with van der Waals surface area (Å²) in [5.41, 5.74) is 2.13. The highest BCUT2D eigenvalue weighted by Gasteiger charge is 2.15. The fourth-order valence-electron chi connectivity index (χ4n) is 2.39. The number of carboxylic acids is 2. The summed E-state index contributed by atoms with van der Waals surface area (Å²) in [4.78, 5) is 32.6. The number of nitrogens with one attached hydrogen (secondary N) is 2. The molecular formula is C21H26ClN3O5. The molecule has 1 atom stereocenters. The van der Waals surface area contributed by atoms with Gasteiger partial charge in [0.1, 0.15) is 0 Å². The Morgan fingerprint density at radius 1 is 0.967 bits per heavy atom. The van der Waals surface area contributed by atoms with E-state index >= 15 is 0 Å². The summed E-state index contributed by atoms with van der Waals surface area (Å²) >= 11 is 5.96. The minimum absolute atomic E-state index is 0.0551. The second-order valence-corrected chi connectivity index (χ2v) is 7.06. The van der Waals surface area contributed by atoms with Gasteiger partial charge in [-0.25, -0.2) is 14.4 Å². The normalized spacial score (nSPS) is 11.1. The molecule has 0 aliphatic rings. The highest BCUT2D eigenvalue weighted by atomic mass is 35.5. The molecule has 0 aliphatic heterocycles. The summed E-state index contributed by atoms with van der Waals surface area (Å²) in [6.07, 6.45) is 0.827. The fourth-order valence-corrected chi connectivity index (χ4v) is 2.52. The van der Waals surface area contributed by atoms with E-state index in [1.54, 1.807) is 0 Å². The maximum Gasteiger partial charge on any atom is 0.414 e. The molecule has 0 heterocycles. The maximum atomic E-state index is 12.2.